The van der Waals surface area contributed by atoms with Crippen LogP contribution >= 0.6 is 0 Å². The molecule has 0 aromatic heterocycles. The molecule has 3 N–H and O–H groups in total. The Labute approximate surface area is 219 Å². The van der Waals surface area contributed by atoms with E-state index in [-0.39, 0.29) is 21.9 Å². The van der Waals surface area contributed by atoms with Gasteiger partial charge in [0, 0.05) is 24.3 Å². The maximum Gasteiger partial charge on any atom is 0.490 e. The SMILES string of the molecule is CC(=O)c1ccc(S(=O)(=O)Nc2ccc(N(CC(C)C)CC(C)C)c(C(=O)O)c2)cc1.O=C(O)C(F)(F)F. The number of rotatable bonds is 10. The van der Waals surface area contributed by atoms with Crippen molar-refractivity contribution in [3.8, 4) is 0 Å². The minimum Gasteiger partial charge on any atom is -0.478 e. The lowest BCUT2D eigenvalue weighted by molar-refractivity contribution is -0.192. The van der Waals surface area contributed by atoms with Crippen molar-refractivity contribution in [2.75, 3.05) is 22.7 Å². The number of sulfonamides is 1. The zero-order chi connectivity index (χ0) is 29.4. The summed E-state index contributed by atoms with van der Waals surface area (Å²) in [4.78, 5) is 34.3. The van der Waals surface area contributed by atoms with Crippen molar-refractivity contribution >= 4 is 39.1 Å². The van der Waals surface area contributed by atoms with E-state index in [4.69, 9.17) is 9.90 Å². The second kappa shape index (κ2) is 13.3. The number of nitrogens with one attached hydrogen (secondary N) is 1. The second-order valence-electron chi connectivity index (χ2n) is 9.22. The summed E-state index contributed by atoms with van der Waals surface area (Å²) in [7, 11) is -3.94. The molecule has 9 nitrogen and oxygen atoms in total. The number of hydrogen-bond acceptors (Lipinski definition) is 6. The van der Waals surface area contributed by atoms with Crippen LogP contribution in [0.15, 0.2) is 47.4 Å². The van der Waals surface area contributed by atoms with Crippen molar-refractivity contribution in [3.05, 3.63) is 53.6 Å². The molecule has 2 aromatic rings. The minimum atomic E-state index is -5.08. The molecule has 0 spiro atoms. The summed E-state index contributed by atoms with van der Waals surface area (Å²) in [5, 5.41) is 16.9. The lowest BCUT2D eigenvalue weighted by Crippen LogP contribution is -2.32. The standard InChI is InChI=1S/C23H30N2O5S.C2HF3O2/c1-15(2)13-25(14-16(3)4)22-11-8-19(12-21(22)23(27)28)24-31(29,30)20-9-6-18(7-10-20)17(5)26;3-2(4,5)1(6)7/h6-12,15-16,24H,13-14H2,1-5H3,(H,27,28);(H,6,7). The van der Waals surface area contributed by atoms with Crippen molar-refractivity contribution in [1.29, 1.82) is 0 Å². The van der Waals surface area contributed by atoms with Crippen LogP contribution in [0.4, 0.5) is 24.5 Å². The van der Waals surface area contributed by atoms with E-state index >= 15 is 0 Å². The van der Waals surface area contributed by atoms with E-state index in [9.17, 15) is 36.3 Å². The number of halogens is 3. The van der Waals surface area contributed by atoms with Gasteiger partial charge in [0.05, 0.1) is 16.1 Å². The van der Waals surface area contributed by atoms with Gasteiger partial charge in [0.25, 0.3) is 10.0 Å². The normalized spacial score (nSPS) is 11.5. The highest BCUT2D eigenvalue weighted by molar-refractivity contribution is 7.92. The highest BCUT2D eigenvalue weighted by Crippen LogP contribution is 2.28. The first-order valence-corrected chi connectivity index (χ1v) is 12.9. The maximum absolute atomic E-state index is 12.7. The molecule has 0 saturated heterocycles. The predicted molar refractivity (Wildman–Crippen MR) is 136 cm³/mol. The summed E-state index contributed by atoms with van der Waals surface area (Å²) in [5.41, 5.74) is 1.16. The topological polar surface area (TPSA) is 141 Å². The number of alkyl halides is 3. The molecule has 0 bridgehead atoms. The number of anilines is 2. The Hall–Kier alpha value is -3.61. The van der Waals surface area contributed by atoms with E-state index in [1.807, 2.05) is 4.90 Å². The molecule has 0 aliphatic heterocycles. The third kappa shape index (κ3) is 10.0. The van der Waals surface area contributed by atoms with Gasteiger partial charge in [-0.15, -0.1) is 0 Å². The molecule has 2 rings (SSSR count). The average Bonchev–Trinajstić information content (AvgIpc) is 2.77. The fraction of sp³-hybridized carbons (Fsp3) is 0.400. The van der Waals surface area contributed by atoms with Gasteiger partial charge in [-0.2, -0.15) is 13.2 Å². The lowest BCUT2D eigenvalue weighted by atomic mass is 10.1. The van der Waals surface area contributed by atoms with Crippen LogP contribution in [0.2, 0.25) is 0 Å². The maximum atomic E-state index is 12.7. The molecule has 0 radical (unpaired) electrons. The van der Waals surface area contributed by atoms with Gasteiger partial charge in [-0.1, -0.05) is 39.8 Å². The van der Waals surface area contributed by atoms with Gasteiger partial charge >= 0.3 is 18.1 Å². The Morgan fingerprint density at radius 1 is 0.921 bits per heavy atom. The summed E-state index contributed by atoms with van der Waals surface area (Å²) in [6, 6.07) is 10.1. The van der Waals surface area contributed by atoms with Gasteiger partial charge in [-0.25, -0.2) is 18.0 Å². The van der Waals surface area contributed by atoms with Crippen molar-refractivity contribution in [3.63, 3.8) is 0 Å². The van der Waals surface area contributed by atoms with E-state index in [1.54, 1.807) is 12.1 Å². The Morgan fingerprint density at radius 3 is 1.76 bits per heavy atom. The number of hydrogen-bond donors (Lipinski definition) is 3. The molecule has 0 unspecified atom stereocenters. The highest BCUT2D eigenvalue weighted by Gasteiger charge is 2.38. The first-order valence-electron chi connectivity index (χ1n) is 11.4. The number of carbonyl (C=O) groups is 3. The van der Waals surface area contributed by atoms with Crippen molar-refractivity contribution in [2.45, 2.75) is 45.7 Å². The van der Waals surface area contributed by atoms with Crippen LogP contribution in [0.5, 0.6) is 0 Å². The van der Waals surface area contributed by atoms with Crippen LogP contribution in [-0.4, -0.2) is 55.6 Å². The Kier molecular flexibility index (Phi) is 11.3. The summed E-state index contributed by atoms with van der Waals surface area (Å²) >= 11 is 0. The molecular weight excluding hydrogens is 529 g/mol. The Balaban J connectivity index is 0.000000905. The number of benzene rings is 2. The van der Waals surface area contributed by atoms with Crippen LogP contribution in [0.25, 0.3) is 0 Å². The molecule has 0 heterocycles. The molecule has 0 aliphatic rings. The van der Waals surface area contributed by atoms with Crippen molar-refractivity contribution in [1.82, 2.24) is 0 Å². The van der Waals surface area contributed by atoms with Crippen LogP contribution in [0, 0.1) is 11.8 Å². The number of aromatic carboxylic acids is 1. The third-order valence-corrected chi connectivity index (χ3v) is 6.20. The molecule has 13 heteroatoms. The van der Waals surface area contributed by atoms with Gasteiger partial charge in [0.1, 0.15) is 0 Å². The monoisotopic (exact) mass is 560 g/mol. The van der Waals surface area contributed by atoms with Crippen LogP contribution in [-0.2, 0) is 14.8 Å². The zero-order valence-corrected chi connectivity index (χ0v) is 22.4. The van der Waals surface area contributed by atoms with Gasteiger partial charge in [-0.3, -0.25) is 9.52 Å². The molecule has 38 heavy (non-hydrogen) atoms. The number of carboxylic acid groups (broad SMARTS) is 2. The molecule has 0 aliphatic carbocycles. The van der Waals surface area contributed by atoms with E-state index < -0.39 is 28.1 Å². The quantitative estimate of drug-likeness (QED) is 0.339. The minimum absolute atomic E-state index is 0.0142. The van der Waals surface area contributed by atoms with E-state index in [0.717, 1.165) is 0 Å². The first kappa shape index (κ1) is 32.4. The number of Topliss-reactive ketones (excluding diaryl/α,β-unsaturated/α-hetero) is 1. The second-order valence-corrected chi connectivity index (χ2v) is 10.9. The fourth-order valence-electron chi connectivity index (χ4n) is 3.28. The highest BCUT2D eigenvalue weighted by atomic mass is 32.2. The number of carbonyl (C=O) groups excluding carboxylic acids is 1. The number of ketones is 1. The largest absolute Gasteiger partial charge is 0.490 e. The molecule has 0 atom stereocenters. The first-order chi connectivity index (χ1) is 17.3. The lowest BCUT2D eigenvalue weighted by Gasteiger charge is -2.30. The molecule has 2 aromatic carbocycles. The zero-order valence-electron chi connectivity index (χ0n) is 21.5. The van der Waals surface area contributed by atoms with Gasteiger partial charge in [0.2, 0.25) is 0 Å². The Bertz CT molecular complexity index is 1230. The number of carboxylic acids is 2. The van der Waals surface area contributed by atoms with Gasteiger partial charge in [-0.05, 0) is 49.1 Å². The summed E-state index contributed by atoms with van der Waals surface area (Å²) < 4.78 is 59.6. The summed E-state index contributed by atoms with van der Waals surface area (Å²) in [5.74, 6) is -3.38. The van der Waals surface area contributed by atoms with Crippen molar-refractivity contribution in [2.24, 2.45) is 11.8 Å². The molecular formula is C25H31F3N2O7S. The summed E-state index contributed by atoms with van der Waals surface area (Å²) in [6.07, 6.45) is -5.08. The molecule has 210 valence electrons. The smallest absolute Gasteiger partial charge is 0.478 e. The summed E-state index contributed by atoms with van der Waals surface area (Å²) in [6.45, 7) is 11.0. The molecule has 0 fully saturated rings. The predicted octanol–water partition coefficient (Wildman–Crippen LogP) is 5.14. The number of nitrogens with zero attached hydrogens (tertiary/aromatic N) is 1. The van der Waals surface area contributed by atoms with Gasteiger partial charge in [0.15, 0.2) is 5.78 Å². The van der Waals surface area contributed by atoms with E-state index in [0.29, 0.717) is 36.2 Å². The fourth-order valence-corrected chi connectivity index (χ4v) is 4.33. The van der Waals surface area contributed by atoms with Crippen LogP contribution in [0.3, 0.4) is 0 Å². The van der Waals surface area contributed by atoms with Crippen LogP contribution in [0.1, 0.15) is 55.3 Å². The van der Waals surface area contributed by atoms with Crippen LogP contribution < -0.4 is 9.62 Å². The van der Waals surface area contributed by atoms with Gasteiger partial charge < -0.3 is 15.1 Å². The number of aliphatic carboxylic acids is 1. The average molecular weight is 561 g/mol. The van der Waals surface area contributed by atoms with E-state index in [1.165, 1.54) is 37.3 Å². The Morgan fingerprint density at radius 2 is 1.39 bits per heavy atom. The molecule has 0 saturated carbocycles. The van der Waals surface area contributed by atoms with Crippen molar-refractivity contribution < 1.29 is 46.2 Å². The van der Waals surface area contributed by atoms with E-state index in [2.05, 4.69) is 32.4 Å². The molecule has 0 amide bonds. The third-order valence-electron chi connectivity index (χ3n) is 4.80.